The van der Waals surface area contributed by atoms with E-state index in [4.69, 9.17) is 0 Å². The molecule has 1 unspecified atom stereocenters. The van der Waals surface area contributed by atoms with E-state index in [1.54, 1.807) is 6.20 Å². The molecule has 0 aromatic carbocycles. The molecule has 6 heteroatoms. The Balaban J connectivity index is 1.75. The smallest absolute Gasteiger partial charge is 0.0692 e. The van der Waals surface area contributed by atoms with Crippen LogP contribution < -0.4 is 5.32 Å². The number of aryl methyl sites for hydroxylation is 3. The molecule has 2 rings (SSSR count). The minimum atomic E-state index is 0.328. The van der Waals surface area contributed by atoms with Gasteiger partial charge in [0.1, 0.15) is 0 Å². The summed E-state index contributed by atoms with van der Waals surface area (Å²) in [4.78, 5) is 0. The van der Waals surface area contributed by atoms with Crippen LogP contribution in [0.4, 0.5) is 0 Å². The number of hydrogen-bond acceptors (Lipinski definition) is 4. The molecule has 0 bridgehead atoms. The van der Waals surface area contributed by atoms with Gasteiger partial charge in [-0.25, -0.2) is 0 Å². The molecule has 1 atom stereocenters. The molecule has 2 heterocycles. The van der Waals surface area contributed by atoms with Crippen LogP contribution in [0.15, 0.2) is 18.6 Å². The molecular formula is C12H20N6. The van der Waals surface area contributed by atoms with E-state index in [1.807, 2.05) is 29.5 Å². The quantitative estimate of drug-likeness (QED) is 0.777. The molecule has 0 saturated heterocycles. The summed E-state index contributed by atoms with van der Waals surface area (Å²) in [6, 6.07) is 0.328. The molecule has 0 radical (unpaired) electrons. The highest BCUT2D eigenvalue weighted by Gasteiger charge is 2.10. The third-order valence-corrected chi connectivity index (χ3v) is 3.00. The molecule has 0 aliphatic carbocycles. The highest BCUT2D eigenvalue weighted by molar-refractivity contribution is 5.19. The van der Waals surface area contributed by atoms with Crippen LogP contribution in [0.1, 0.15) is 30.6 Å². The fraction of sp³-hybridized carbons (Fsp3) is 0.583. The Bertz CT molecular complexity index is 473. The van der Waals surface area contributed by atoms with Gasteiger partial charge in [0.15, 0.2) is 0 Å². The normalized spacial score (nSPS) is 12.8. The van der Waals surface area contributed by atoms with Crippen LogP contribution in [0.3, 0.4) is 0 Å². The summed E-state index contributed by atoms with van der Waals surface area (Å²) in [7, 11) is 1.95. The van der Waals surface area contributed by atoms with Gasteiger partial charge in [0.2, 0.25) is 0 Å². The van der Waals surface area contributed by atoms with E-state index in [0.29, 0.717) is 6.04 Å². The lowest BCUT2D eigenvalue weighted by Crippen LogP contribution is -2.21. The summed E-state index contributed by atoms with van der Waals surface area (Å²) < 4.78 is 3.71. The Hall–Kier alpha value is -1.69. The molecule has 2 aromatic rings. The number of aromatic nitrogens is 5. The first kappa shape index (κ1) is 12.8. The van der Waals surface area contributed by atoms with Crippen molar-refractivity contribution < 1.29 is 0 Å². The average Bonchev–Trinajstić information content (AvgIpc) is 2.94. The summed E-state index contributed by atoms with van der Waals surface area (Å²) in [6.45, 7) is 6.06. The first-order valence-electron chi connectivity index (χ1n) is 6.24. The van der Waals surface area contributed by atoms with Crippen LogP contribution in [-0.4, -0.2) is 31.3 Å². The maximum atomic E-state index is 4.36. The van der Waals surface area contributed by atoms with Gasteiger partial charge in [-0.05, 0) is 26.8 Å². The molecule has 0 aliphatic rings. The lowest BCUT2D eigenvalue weighted by atomic mass is 10.1. The molecule has 6 nitrogen and oxygen atoms in total. The Morgan fingerprint density at radius 2 is 2.28 bits per heavy atom. The van der Waals surface area contributed by atoms with Gasteiger partial charge in [0.05, 0.1) is 11.9 Å². The van der Waals surface area contributed by atoms with Crippen LogP contribution in [0.5, 0.6) is 0 Å². The largest absolute Gasteiger partial charge is 0.310 e. The zero-order valence-electron chi connectivity index (χ0n) is 11.2. The van der Waals surface area contributed by atoms with Gasteiger partial charge in [-0.1, -0.05) is 5.21 Å². The average molecular weight is 248 g/mol. The van der Waals surface area contributed by atoms with Gasteiger partial charge in [0.25, 0.3) is 0 Å². The Labute approximate surface area is 107 Å². The van der Waals surface area contributed by atoms with Crippen molar-refractivity contribution in [2.45, 2.75) is 32.9 Å². The van der Waals surface area contributed by atoms with Crippen molar-refractivity contribution in [3.63, 3.8) is 0 Å². The summed E-state index contributed by atoms with van der Waals surface area (Å²) in [5, 5.41) is 15.6. The second kappa shape index (κ2) is 5.77. The van der Waals surface area contributed by atoms with Crippen molar-refractivity contribution in [1.82, 2.24) is 30.1 Å². The van der Waals surface area contributed by atoms with Crippen molar-refractivity contribution in [1.29, 1.82) is 0 Å². The van der Waals surface area contributed by atoms with Crippen LogP contribution in [-0.2, 0) is 13.6 Å². The minimum Gasteiger partial charge on any atom is -0.310 e. The molecule has 18 heavy (non-hydrogen) atoms. The first-order valence-corrected chi connectivity index (χ1v) is 6.24. The van der Waals surface area contributed by atoms with Crippen molar-refractivity contribution in [2.75, 3.05) is 6.54 Å². The van der Waals surface area contributed by atoms with Gasteiger partial charge in [-0.3, -0.25) is 9.36 Å². The number of rotatable bonds is 6. The molecule has 0 amide bonds. The highest BCUT2D eigenvalue weighted by Crippen LogP contribution is 2.15. The summed E-state index contributed by atoms with van der Waals surface area (Å²) in [5.74, 6) is 0. The van der Waals surface area contributed by atoms with E-state index in [2.05, 4.69) is 33.8 Å². The second-order valence-corrected chi connectivity index (χ2v) is 4.54. The van der Waals surface area contributed by atoms with Crippen molar-refractivity contribution in [3.05, 3.63) is 29.8 Å². The molecular weight excluding hydrogens is 228 g/mol. The van der Waals surface area contributed by atoms with Gasteiger partial charge < -0.3 is 5.32 Å². The highest BCUT2D eigenvalue weighted by atomic mass is 15.4. The van der Waals surface area contributed by atoms with E-state index < -0.39 is 0 Å². The van der Waals surface area contributed by atoms with Gasteiger partial charge in [-0.2, -0.15) is 5.10 Å². The van der Waals surface area contributed by atoms with Crippen molar-refractivity contribution >= 4 is 0 Å². The van der Waals surface area contributed by atoms with E-state index >= 15 is 0 Å². The van der Waals surface area contributed by atoms with E-state index in [1.165, 1.54) is 5.56 Å². The number of hydrogen-bond donors (Lipinski definition) is 1. The summed E-state index contributed by atoms with van der Waals surface area (Å²) in [6.07, 6.45) is 6.70. The summed E-state index contributed by atoms with van der Waals surface area (Å²) >= 11 is 0. The van der Waals surface area contributed by atoms with E-state index in [9.17, 15) is 0 Å². The number of nitrogens with one attached hydrogen (secondary N) is 1. The van der Waals surface area contributed by atoms with Gasteiger partial charge in [0, 0.05) is 37.6 Å². The molecule has 2 aromatic heterocycles. The molecule has 0 aliphatic heterocycles. The molecule has 98 valence electrons. The summed E-state index contributed by atoms with van der Waals surface area (Å²) in [5.41, 5.74) is 2.35. The second-order valence-electron chi connectivity index (χ2n) is 4.54. The predicted molar refractivity (Wildman–Crippen MR) is 69.0 cm³/mol. The Morgan fingerprint density at radius 3 is 2.89 bits per heavy atom. The fourth-order valence-corrected chi connectivity index (χ4v) is 2.06. The lowest BCUT2D eigenvalue weighted by Gasteiger charge is -2.12. The first-order chi connectivity index (χ1) is 8.66. The monoisotopic (exact) mass is 248 g/mol. The molecule has 0 fully saturated rings. The maximum Gasteiger partial charge on any atom is 0.0692 e. The molecule has 1 N–H and O–H groups in total. The standard InChI is InChI=1S/C12H20N6/c1-10(12-9-17(3)15-11(12)2)13-5-4-7-18-8-6-14-16-18/h6,8-10,13H,4-5,7H2,1-3H3. The predicted octanol–water partition coefficient (Wildman–Crippen LogP) is 1.06. The number of nitrogens with zero attached hydrogens (tertiary/aromatic N) is 5. The molecule has 0 saturated carbocycles. The molecule has 0 spiro atoms. The third-order valence-electron chi connectivity index (χ3n) is 3.00. The van der Waals surface area contributed by atoms with Gasteiger partial charge >= 0.3 is 0 Å². The van der Waals surface area contributed by atoms with Gasteiger partial charge in [-0.15, -0.1) is 5.10 Å². The van der Waals surface area contributed by atoms with E-state index in [0.717, 1.165) is 25.2 Å². The maximum absolute atomic E-state index is 4.36. The zero-order valence-corrected chi connectivity index (χ0v) is 11.2. The Morgan fingerprint density at radius 1 is 1.44 bits per heavy atom. The zero-order chi connectivity index (χ0) is 13.0. The topological polar surface area (TPSA) is 60.6 Å². The van der Waals surface area contributed by atoms with Crippen molar-refractivity contribution in [2.24, 2.45) is 7.05 Å². The van der Waals surface area contributed by atoms with Crippen LogP contribution >= 0.6 is 0 Å². The van der Waals surface area contributed by atoms with Crippen molar-refractivity contribution in [3.8, 4) is 0 Å². The van der Waals surface area contributed by atoms with Crippen LogP contribution in [0.2, 0.25) is 0 Å². The fourth-order valence-electron chi connectivity index (χ4n) is 2.06. The minimum absolute atomic E-state index is 0.328. The van der Waals surface area contributed by atoms with Crippen LogP contribution in [0.25, 0.3) is 0 Å². The SMILES string of the molecule is Cc1nn(C)cc1C(C)NCCCn1ccnn1. The third kappa shape index (κ3) is 3.16. The van der Waals surface area contributed by atoms with Crippen LogP contribution in [0, 0.1) is 6.92 Å². The lowest BCUT2D eigenvalue weighted by molar-refractivity contribution is 0.498. The Kier molecular flexibility index (Phi) is 4.09. The van der Waals surface area contributed by atoms with E-state index in [-0.39, 0.29) is 0 Å².